The third-order valence-corrected chi connectivity index (χ3v) is 3.29. The Kier molecular flexibility index (Phi) is 4.30. The molecule has 0 saturated carbocycles. The van der Waals surface area contributed by atoms with E-state index in [2.05, 4.69) is 5.32 Å². The number of anilines is 1. The Labute approximate surface area is 113 Å². The van der Waals surface area contributed by atoms with Gasteiger partial charge >= 0.3 is 0 Å². The summed E-state index contributed by atoms with van der Waals surface area (Å²) in [5, 5.41) is 2.70. The molecule has 1 heterocycles. The zero-order valence-electron chi connectivity index (χ0n) is 10.3. The normalized spacial score (nSPS) is 12.5. The van der Waals surface area contributed by atoms with Gasteiger partial charge in [0, 0.05) is 33.7 Å². The van der Waals surface area contributed by atoms with E-state index in [0.29, 0.717) is 16.3 Å². The average Bonchev–Trinajstić information content (AvgIpc) is 2.90. The van der Waals surface area contributed by atoms with Gasteiger partial charge in [-0.15, -0.1) is 0 Å². The summed E-state index contributed by atoms with van der Waals surface area (Å²) >= 11 is 0. The molecule has 0 radical (unpaired) electrons. The second-order valence-corrected chi connectivity index (χ2v) is 5.20. The molecule has 0 saturated heterocycles. The van der Waals surface area contributed by atoms with Gasteiger partial charge in [-0.25, -0.2) is 0 Å². The smallest absolute Gasteiger partial charge is 0.248 e. The first kappa shape index (κ1) is 13.3. The zero-order chi connectivity index (χ0) is 13.7. The van der Waals surface area contributed by atoms with Crippen LogP contribution >= 0.6 is 0 Å². The van der Waals surface area contributed by atoms with Crippen molar-refractivity contribution in [2.45, 2.75) is 4.90 Å². The number of benzene rings is 1. The minimum Gasteiger partial charge on any atom is -0.465 e. The largest absolute Gasteiger partial charge is 0.465 e. The van der Waals surface area contributed by atoms with Gasteiger partial charge in [0.25, 0.3) is 0 Å². The van der Waals surface area contributed by atoms with Gasteiger partial charge < -0.3 is 9.73 Å². The van der Waals surface area contributed by atoms with Crippen LogP contribution in [0.25, 0.3) is 6.08 Å². The van der Waals surface area contributed by atoms with Gasteiger partial charge in [-0.05, 0) is 36.4 Å². The third-order valence-electron chi connectivity index (χ3n) is 2.38. The second-order valence-electron chi connectivity index (χ2n) is 3.82. The number of amides is 1. The van der Waals surface area contributed by atoms with Crippen LogP contribution in [-0.2, 0) is 15.6 Å². The molecule has 5 heteroatoms. The summed E-state index contributed by atoms with van der Waals surface area (Å²) in [4.78, 5) is 12.3. The van der Waals surface area contributed by atoms with Crippen LogP contribution in [0.5, 0.6) is 0 Å². The minimum absolute atomic E-state index is 0.268. The molecule has 2 aromatic rings. The lowest BCUT2D eigenvalue weighted by Crippen LogP contribution is -2.07. The van der Waals surface area contributed by atoms with Crippen LogP contribution in [0.1, 0.15) is 5.76 Å². The number of rotatable bonds is 4. The first-order chi connectivity index (χ1) is 9.15. The average molecular weight is 275 g/mol. The highest BCUT2D eigenvalue weighted by atomic mass is 32.2. The molecule has 1 aromatic carbocycles. The number of nitrogens with one attached hydrogen (secondary N) is 1. The van der Waals surface area contributed by atoms with Crippen molar-refractivity contribution in [2.24, 2.45) is 0 Å². The number of carbonyl (C=O) groups excluding carboxylic acids is 1. The number of carbonyl (C=O) groups is 1. The molecule has 19 heavy (non-hydrogen) atoms. The highest BCUT2D eigenvalue weighted by Crippen LogP contribution is 2.13. The van der Waals surface area contributed by atoms with Crippen molar-refractivity contribution in [3.63, 3.8) is 0 Å². The van der Waals surface area contributed by atoms with E-state index in [9.17, 15) is 9.00 Å². The van der Waals surface area contributed by atoms with Crippen LogP contribution in [0.4, 0.5) is 5.69 Å². The van der Waals surface area contributed by atoms with E-state index >= 15 is 0 Å². The SMILES string of the molecule is CS(=O)c1cccc(NC(=O)C=Cc2ccco2)c1. The molecule has 1 unspecified atom stereocenters. The lowest BCUT2D eigenvalue weighted by Gasteiger charge is -2.03. The van der Waals surface area contributed by atoms with Crippen LogP contribution in [0.15, 0.2) is 58.1 Å². The summed E-state index contributed by atoms with van der Waals surface area (Å²) in [6, 6.07) is 10.4. The molecule has 0 aliphatic rings. The molecule has 1 amide bonds. The summed E-state index contributed by atoms with van der Waals surface area (Å²) < 4.78 is 16.4. The maximum Gasteiger partial charge on any atom is 0.248 e. The van der Waals surface area contributed by atoms with E-state index < -0.39 is 10.8 Å². The molecule has 1 N–H and O–H groups in total. The first-order valence-electron chi connectivity index (χ1n) is 5.61. The van der Waals surface area contributed by atoms with Crippen molar-refractivity contribution in [1.82, 2.24) is 0 Å². The topological polar surface area (TPSA) is 59.3 Å². The van der Waals surface area contributed by atoms with E-state index in [4.69, 9.17) is 4.42 Å². The zero-order valence-corrected chi connectivity index (χ0v) is 11.1. The van der Waals surface area contributed by atoms with Crippen molar-refractivity contribution < 1.29 is 13.4 Å². The Bertz CT molecular complexity index is 617. The number of hydrogen-bond donors (Lipinski definition) is 1. The standard InChI is InChI=1S/C14H13NO3S/c1-19(17)13-6-2-4-11(10-13)15-14(16)8-7-12-5-3-9-18-12/h2-10H,1H3,(H,15,16). The molecule has 1 atom stereocenters. The molecule has 1 aromatic heterocycles. The van der Waals surface area contributed by atoms with Crippen LogP contribution in [0, 0.1) is 0 Å². The molecule has 98 valence electrons. The van der Waals surface area contributed by atoms with E-state index in [1.807, 2.05) is 0 Å². The van der Waals surface area contributed by atoms with E-state index in [1.54, 1.807) is 48.7 Å². The Hall–Kier alpha value is -2.14. The van der Waals surface area contributed by atoms with Crippen molar-refractivity contribution in [3.8, 4) is 0 Å². The van der Waals surface area contributed by atoms with Crippen molar-refractivity contribution in [3.05, 3.63) is 54.5 Å². The lowest BCUT2D eigenvalue weighted by molar-refractivity contribution is -0.111. The summed E-state index contributed by atoms with van der Waals surface area (Å²) in [6.07, 6.45) is 6.10. The van der Waals surface area contributed by atoms with Gasteiger partial charge in [0.2, 0.25) is 5.91 Å². The highest BCUT2D eigenvalue weighted by molar-refractivity contribution is 7.84. The fraction of sp³-hybridized carbons (Fsp3) is 0.0714. The second kappa shape index (κ2) is 6.15. The Morgan fingerprint density at radius 1 is 1.32 bits per heavy atom. The Morgan fingerprint density at radius 3 is 2.84 bits per heavy atom. The van der Waals surface area contributed by atoms with Crippen molar-refractivity contribution in [2.75, 3.05) is 11.6 Å². The summed E-state index contributed by atoms with van der Waals surface area (Å²) in [7, 11) is -1.07. The first-order valence-corrected chi connectivity index (χ1v) is 7.17. The fourth-order valence-corrected chi connectivity index (χ4v) is 2.04. The van der Waals surface area contributed by atoms with Gasteiger partial charge in [-0.1, -0.05) is 6.07 Å². The number of hydrogen-bond acceptors (Lipinski definition) is 3. The molecule has 2 rings (SSSR count). The van der Waals surface area contributed by atoms with Crippen LogP contribution in [-0.4, -0.2) is 16.4 Å². The number of furan rings is 1. The van der Waals surface area contributed by atoms with Gasteiger partial charge in [0.1, 0.15) is 5.76 Å². The van der Waals surface area contributed by atoms with Gasteiger partial charge in [-0.3, -0.25) is 9.00 Å². The quantitative estimate of drug-likeness (QED) is 0.873. The minimum atomic E-state index is -1.07. The van der Waals surface area contributed by atoms with Crippen LogP contribution in [0.3, 0.4) is 0 Å². The molecule has 0 aliphatic carbocycles. The predicted molar refractivity (Wildman–Crippen MR) is 75.1 cm³/mol. The third kappa shape index (κ3) is 3.93. The van der Waals surface area contributed by atoms with Gasteiger partial charge in [-0.2, -0.15) is 0 Å². The monoisotopic (exact) mass is 275 g/mol. The molecule has 0 fully saturated rings. The summed E-state index contributed by atoms with van der Waals surface area (Å²) in [6.45, 7) is 0. The molecule has 0 spiro atoms. The Morgan fingerprint density at radius 2 is 2.16 bits per heavy atom. The molecular weight excluding hydrogens is 262 g/mol. The van der Waals surface area contributed by atoms with Crippen molar-refractivity contribution >= 4 is 28.5 Å². The van der Waals surface area contributed by atoms with Crippen LogP contribution in [0.2, 0.25) is 0 Å². The van der Waals surface area contributed by atoms with E-state index in [0.717, 1.165) is 0 Å². The lowest BCUT2D eigenvalue weighted by atomic mass is 10.3. The van der Waals surface area contributed by atoms with E-state index in [-0.39, 0.29) is 5.91 Å². The molecule has 0 aliphatic heterocycles. The van der Waals surface area contributed by atoms with Gasteiger partial charge in [0.15, 0.2) is 0 Å². The van der Waals surface area contributed by atoms with Crippen LogP contribution < -0.4 is 5.32 Å². The predicted octanol–water partition coefficient (Wildman–Crippen LogP) is 2.67. The van der Waals surface area contributed by atoms with Crippen molar-refractivity contribution in [1.29, 1.82) is 0 Å². The molecule has 0 bridgehead atoms. The molecule has 4 nitrogen and oxygen atoms in total. The molecular formula is C14H13NO3S. The fourth-order valence-electron chi connectivity index (χ4n) is 1.48. The highest BCUT2D eigenvalue weighted by Gasteiger charge is 2.01. The Balaban J connectivity index is 2.03. The summed E-state index contributed by atoms with van der Waals surface area (Å²) in [5.41, 5.74) is 0.613. The maximum atomic E-state index is 11.7. The van der Waals surface area contributed by atoms with Gasteiger partial charge in [0.05, 0.1) is 6.26 Å². The summed E-state index contributed by atoms with van der Waals surface area (Å²) in [5.74, 6) is 0.342. The van der Waals surface area contributed by atoms with E-state index in [1.165, 1.54) is 12.3 Å². The maximum absolute atomic E-state index is 11.7.